The smallest absolute Gasteiger partial charge is 0.270 e. The van der Waals surface area contributed by atoms with Gasteiger partial charge in [-0.2, -0.15) is 4.98 Å². The number of para-hydroxylation sites is 1. The summed E-state index contributed by atoms with van der Waals surface area (Å²) < 4.78 is 36.3. The van der Waals surface area contributed by atoms with Gasteiger partial charge in [0.25, 0.3) is 11.8 Å². The molecule has 0 saturated heterocycles. The third-order valence-corrected chi connectivity index (χ3v) is 4.79. The Labute approximate surface area is 162 Å². The van der Waals surface area contributed by atoms with Gasteiger partial charge in [0, 0.05) is 18.4 Å². The van der Waals surface area contributed by atoms with Crippen LogP contribution >= 0.6 is 15.9 Å². The Bertz CT molecular complexity index is 949. The second kappa shape index (κ2) is 7.59. The number of nitrogens with zero attached hydrogens (tertiary/aromatic N) is 4. The van der Waals surface area contributed by atoms with Crippen LogP contribution in [0.1, 0.15) is 5.56 Å². The van der Waals surface area contributed by atoms with Crippen LogP contribution in [0.5, 0.6) is 5.88 Å². The summed E-state index contributed by atoms with van der Waals surface area (Å²) in [5, 5.41) is 4.07. The van der Waals surface area contributed by atoms with Crippen molar-refractivity contribution in [2.75, 3.05) is 24.8 Å². The van der Waals surface area contributed by atoms with Crippen molar-refractivity contribution >= 4 is 27.6 Å². The van der Waals surface area contributed by atoms with Gasteiger partial charge in [-0.1, -0.05) is 18.2 Å². The van der Waals surface area contributed by atoms with Crippen LogP contribution in [-0.2, 0) is 6.42 Å². The summed E-state index contributed by atoms with van der Waals surface area (Å²) in [5.74, 6) is 0.871. The summed E-state index contributed by atoms with van der Waals surface area (Å²) in [5.41, 5.74) is 2.87. The molecule has 0 atom stereocenters. The average molecular weight is 437 g/mol. The van der Waals surface area contributed by atoms with Crippen LogP contribution in [-0.4, -0.2) is 41.1 Å². The molecule has 140 valence electrons. The van der Waals surface area contributed by atoms with Gasteiger partial charge in [0.05, 0.1) is 10.0 Å². The van der Waals surface area contributed by atoms with E-state index in [1.165, 1.54) is 11.8 Å². The molecule has 1 aromatic carbocycles. The number of hydrogen-bond donors (Lipinski definition) is 0. The van der Waals surface area contributed by atoms with Crippen molar-refractivity contribution in [1.29, 1.82) is 0 Å². The fourth-order valence-corrected chi connectivity index (χ4v) is 3.32. The molecule has 0 radical (unpaired) electrons. The maximum absolute atomic E-state index is 12.6. The standard InChI is InChI=1S/C18H15BrF2N4O2/c19-14-7-12(10-22-17(14)26-13(8-20)9-21)16-23-18(24-27-16)25-6-5-11-3-1-2-4-15(11)25/h1-4,7,10,13H,5-6,8-9H2. The topological polar surface area (TPSA) is 64.3 Å². The second-order valence-electron chi connectivity index (χ2n) is 5.99. The minimum Gasteiger partial charge on any atom is -0.468 e. The minimum atomic E-state index is -1.18. The highest BCUT2D eigenvalue weighted by Gasteiger charge is 2.24. The van der Waals surface area contributed by atoms with E-state index in [0.29, 0.717) is 21.9 Å². The maximum atomic E-state index is 12.6. The summed E-state index contributed by atoms with van der Waals surface area (Å²) in [7, 11) is 0. The molecule has 0 fully saturated rings. The van der Waals surface area contributed by atoms with Crippen LogP contribution in [0.2, 0.25) is 0 Å². The molecule has 1 aliphatic heterocycles. The van der Waals surface area contributed by atoms with Crippen molar-refractivity contribution in [3.63, 3.8) is 0 Å². The first-order valence-electron chi connectivity index (χ1n) is 8.33. The molecule has 0 saturated carbocycles. The molecule has 3 aromatic rings. The maximum Gasteiger partial charge on any atom is 0.270 e. The van der Waals surface area contributed by atoms with Crippen molar-refractivity contribution in [2.24, 2.45) is 0 Å². The van der Waals surface area contributed by atoms with E-state index in [1.807, 2.05) is 23.1 Å². The Morgan fingerprint density at radius 1 is 1.26 bits per heavy atom. The highest BCUT2D eigenvalue weighted by Crippen LogP contribution is 2.34. The number of pyridine rings is 1. The summed E-state index contributed by atoms with van der Waals surface area (Å²) in [6.45, 7) is -1.09. The number of anilines is 2. The van der Waals surface area contributed by atoms with Gasteiger partial charge in [-0.3, -0.25) is 0 Å². The molecule has 2 aromatic heterocycles. The van der Waals surface area contributed by atoms with Crippen LogP contribution in [0, 0.1) is 0 Å². The lowest BCUT2D eigenvalue weighted by Crippen LogP contribution is -2.21. The van der Waals surface area contributed by atoms with Gasteiger partial charge in [0.15, 0.2) is 6.10 Å². The number of hydrogen-bond acceptors (Lipinski definition) is 6. The number of aromatic nitrogens is 3. The number of rotatable bonds is 6. The fraction of sp³-hybridized carbons (Fsp3) is 0.278. The molecule has 9 heteroatoms. The first-order valence-corrected chi connectivity index (χ1v) is 9.12. The normalized spacial score (nSPS) is 13.3. The monoisotopic (exact) mass is 436 g/mol. The highest BCUT2D eigenvalue weighted by molar-refractivity contribution is 9.10. The molecule has 0 aliphatic carbocycles. The predicted molar refractivity (Wildman–Crippen MR) is 98.7 cm³/mol. The summed E-state index contributed by atoms with van der Waals surface area (Å²) in [4.78, 5) is 10.5. The lowest BCUT2D eigenvalue weighted by Gasteiger charge is -2.13. The second-order valence-corrected chi connectivity index (χ2v) is 6.84. The van der Waals surface area contributed by atoms with Crippen molar-refractivity contribution < 1.29 is 18.0 Å². The highest BCUT2D eigenvalue weighted by atomic mass is 79.9. The molecule has 3 heterocycles. The zero-order valence-electron chi connectivity index (χ0n) is 14.1. The summed E-state index contributed by atoms with van der Waals surface area (Å²) in [6.07, 6.45) is 1.21. The van der Waals surface area contributed by atoms with E-state index in [2.05, 4.69) is 37.1 Å². The van der Waals surface area contributed by atoms with Gasteiger partial charge in [-0.25, -0.2) is 13.8 Å². The first kappa shape index (κ1) is 17.8. The van der Waals surface area contributed by atoms with E-state index in [9.17, 15) is 8.78 Å². The number of alkyl halides is 2. The lowest BCUT2D eigenvalue weighted by atomic mass is 10.2. The van der Waals surface area contributed by atoms with E-state index in [4.69, 9.17) is 9.26 Å². The molecule has 0 N–H and O–H groups in total. The average Bonchev–Trinajstić information content (AvgIpc) is 3.34. The lowest BCUT2D eigenvalue weighted by molar-refractivity contribution is 0.127. The Balaban J connectivity index is 1.56. The molecular formula is C18H15BrF2N4O2. The molecular weight excluding hydrogens is 422 g/mol. The number of benzene rings is 1. The van der Waals surface area contributed by atoms with E-state index >= 15 is 0 Å². The summed E-state index contributed by atoms with van der Waals surface area (Å²) in [6, 6.07) is 9.74. The van der Waals surface area contributed by atoms with Crippen molar-refractivity contribution in [3.8, 4) is 17.3 Å². The first-order chi connectivity index (χ1) is 13.2. The quantitative estimate of drug-likeness (QED) is 0.574. The van der Waals surface area contributed by atoms with Gasteiger partial charge in [-0.15, -0.1) is 0 Å². The Hall–Kier alpha value is -2.55. The third kappa shape index (κ3) is 3.51. The number of ether oxygens (including phenoxy) is 1. The fourth-order valence-electron chi connectivity index (χ4n) is 2.88. The van der Waals surface area contributed by atoms with Gasteiger partial charge in [0.2, 0.25) is 5.88 Å². The zero-order chi connectivity index (χ0) is 18.8. The van der Waals surface area contributed by atoms with Crippen LogP contribution in [0.15, 0.2) is 45.5 Å². The molecule has 0 spiro atoms. The van der Waals surface area contributed by atoms with E-state index in [-0.39, 0.29) is 5.88 Å². The molecule has 0 amide bonds. The SMILES string of the molecule is FCC(CF)Oc1ncc(-c2nc(N3CCc4ccccc43)no2)cc1Br. The van der Waals surface area contributed by atoms with Gasteiger partial charge < -0.3 is 14.2 Å². The Morgan fingerprint density at radius 2 is 2.07 bits per heavy atom. The van der Waals surface area contributed by atoms with E-state index < -0.39 is 19.5 Å². The third-order valence-electron chi connectivity index (χ3n) is 4.22. The van der Waals surface area contributed by atoms with Crippen LogP contribution in [0.3, 0.4) is 0 Å². The van der Waals surface area contributed by atoms with Crippen LogP contribution in [0.25, 0.3) is 11.5 Å². The van der Waals surface area contributed by atoms with E-state index in [0.717, 1.165) is 18.7 Å². The minimum absolute atomic E-state index is 0.104. The number of fused-ring (bicyclic) bond motifs is 1. The molecule has 0 unspecified atom stereocenters. The zero-order valence-corrected chi connectivity index (χ0v) is 15.7. The largest absolute Gasteiger partial charge is 0.468 e. The van der Waals surface area contributed by atoms with Crippen molar-refractivity contribution in [2.45, 2.75) is 12.5 Å². The molecule has 27 heavy (non-hydrogen) atoms. The molecule has 4 rings (SSSR count). The van der Waals surface area contributed by atoms with Gasteiger partial charge >= 0.3 is 0 Å². The van der Waals surface area contributed by atoms with E-state index in [1.54, 1.807) is 6.07 Å². The van der Waals surface area contributed by atoms with Crippen LogP contribution in [0.4, 0.5) is 20.4 Å². The van der Waals surface area contributed by atoms with Crippen LogP contribution < -0.4 is 9.64 Å². The van der Waals surface area contributed by atoms with Gasteiger partial charge in [0.1, 0.15) is 13.3 Å². The van der Waals surface area contributed by atoms with Crippen molar-refractivity contribution in [1.82, 2.24) is 15.1 Å². The Morgan fingerprint density at radius 3 is 2.85 bits per heavy atom. The van der Waals surface area contributed by atoms with Crippen molar-refractivity contribution in [3.05, 3.63) is 46.6 Å². The molecule has 1 aliphatic rings. The molecule has 6 nitrogen and oxygen atoms in total. The predicted octanol–water partition coefficient (Wildman–Crippen LogP) is 4.27. The number of halogens is 3. The summed E-state index contributed by atoms with van der Waals surface area (Å²) >= 11 is 3.29. The Kier molecular flexibility index (Phi) is 5.02. The molecule has 0 bridgehead atoms. The van der Waals surface area contributed by atoms with Gasteiger partial charge in [-0.05, 0) is 45.2 Å².